The Labute approximate surface area is 184 Å². The number of benzene rings is 1. The number of nitrogens with one attached hydrogen (secondary N) is 1. The summed E-state index contributed by atoms with van der Waals surface area (Å²) in [5.74, 6) is 0.0119. The first-order chi connectivity index (χ1) is 15.2. The number of carbonyl (C=O) groups is 1. The lowest BCUT2D eigenvalue weighted by Crippen LogP contribution is -2.48. The zero-order chi connectivity index (χ0) is 21.5. The van der Waals surface area contributed by atoms with Crippen molar-refractivity contribution in [1.29, 1.82) is 0 Å². The fraction of sp³-hybridized carbons (Fsp3) is 0.520. The van der Waals surface area contributed by atoms with E-state index in [1.807, 2.05) is 18.2 Å². The molecule has 6 nitrogen and oxygen atoms in total. The molecule has 1 amide bonds. The molecule has 1 saturated heterocycles. The standard InChI is InChI=1S/C25H33N3O3/c29-23-9-11-25(21-6-2-1-3-7-21,10-8-22(23)28-13-15-31-16-14-28)19-27-24(30)17-20-5-4-12-26-18-20/h1-7,12,18,22-23,29H,8-11,13-17,19H2,(H,27,30)/t22-,23-,25-/m1/s1. The van der Waals surface area contributed by atoms with Crippen LogP contribution in [0.2, 0.25) is 0 Å². The molecule has 2 heterocycles. The van der Waals surface area contributed by atoms with E-state index >= 15 is 0 Å². The summed E-state index contributed by atoms with van der Waals surface area (Å²) in [6, 6.07) is 14.4. The number of carbonyl (C=O) groups excluding carboxylic acids is 1. The lowest BCUT2D eigenvalue weighted by Gasteiger charge is -2.37. The van der Waals surface area contributed by atoms with Gasteiger partial charge in [-0.25, -0.2) is 0 Å². The minimum absolute atomic E-state index is 0.0119. The molecule has 1 saturated carbocycles. The minimum atomic E-state index is -0.352. The molecule has 2 N–H and O–H groups in total. The van der Waals surface area contributed by atoms with E-state index < -0.39 is 0 Å². The Bertz CT molecular complexity index is 826. The van der Waals surface area contributed by atoms with Gasteiger partial charge in [0.15, 0.2) is 0 Å². The Hall–Kier alpha value is -2.28. The third-order valence-electron chi connectivity index (χ3n) is 6.89. The molecule has 1 aromatic heterocycles. The second kappa shape index (κ2) is 10.4. The first kappa shape index (κ1) is 21.9. The van der Waals surface area contributed by atoms with Crippen LogP contribution in [0, 0.1) is 0 Å². The Morgan fingerprint density at radius 3 is 2.65 bits per heavy atom. The smallest absolute Gasteiger partial charge is 0.224 e. The van der Waals surface area contributed by atoms with Crippen molar-refractivity contribution >= 4 is 5.91 Å². The number of hydrogen-bond acceptors (Lipinski definition) is 5. The largest absolute Gasteiger partial charge is 0.391 e. The molecule has 0 unspecified atom stereocenters. The zero-order valence-corrected chi connectivity index (χ0v) is 18.1. The molecule has 1 aliphatic carbocycles. The number of amides is 1. The van der Waals surface area contributed by atoms with Gasteiger partial charge in [-0.05, 0) is 42.9 Å². The van der Waals surface area contributed by atoms with Crippen LogP contribution in [-0.2, 0) is 21.4 Å². The maximum absolute atomic E-state index is 12.7. The molecule has 6 heteroatoms. The van der Waals surface area contributed by atoms with Crippen molar-refractivity contribution in [2.75, 3.05) is 32.8 Å². The van der Waals surface area contributed by atoms with E-state index in [1.165, 1.54) is 5.56 Å². The second-order valence-corrected chi connectivity index (χ2v) is 8.82. The zero-order valence-electron chi connectivity index (χ0n) is 18.1. The summed E-state index contributed by atoms with van der Waals surface area (Å²) in [5, 5.41) is 14.2. The van der Waals surface area contributed by atoms with E-state index in [9.17, 15) is 9.90 Å². The summed E-state index contributed by atoms with van der Waals surface area (Å²) >= 11 is 0. The first-order valence-corrected chi connectivity index (χ1v) is 11.4. The van der Waals surface area contributed by atoms with Crippen molar-refractivity contribution in [2.24, 2.45) is 0 Å². The molecule has 166 valence electrons. The van der Waals surface area contributed by atoms with Crippen LogP contribution in [0.5, 0.6) is 0 Å². The van der Waals surface area contributed by atoms with E-state index in [4.69, 9.17) is 4.74 Å². The van der Waals surface area contributed by atoms with Gasteiger partial charge in [-0.15, -0.1) is 0 Å². The van der Waals surface area contributed by atoms with Gasteiger partial charge in [0.25, 0.3) is 0 Å². The molecule has 31 heavy (non-hydrogen) atoms. The fourth-order valence-corrected chi connectivity index (χ4v) is 5.07. The number of aliphatic hydroxyl groups excluding tert-OH is 1. The van der Waals surface area contributed by atoms with E-state index in [0.29, 0.717) is 13.0 Å². The van der Waals surface area contributed by atoms with Gasteiger partial charge in [-0.3, -0.25) is 14.7 Å². The molecule has 2 fully saturated rings. The van der Waals surface area contributed by atoms with Gasteiger partial charge in [0, 0.05) is 43.5 Å². The highest BCUT2D eigenvalue weighted by Gasteiger charge is 2.40. The SMILES string of the molecule is O=C(Cc1cccnc1)NC[C@]1(c2ccccc2)CC[C@@H](O)[C@H](N2CCOCC2)CC1. The Kier molecular flexibility index (Phi) is 7.33. The third kappa shape index (κ3) is 5.50. The normalized spacial score (nSPS) is 27.4. The van der Waals surface area contributed by atoms with Gasteiger partial charge in [-0.1, -0.05) is 36.4 Å². The monoisotopic (exact) mass is 423 g/mol. The van der Waals surface area contributed by atoms with Gasteiger partial charge in [0.05, 0.1) is 25.7 Å². The highest BCUT2D eigenvalue weighted by atomic mass is 16.5. The summed E-state index contributed by atoms with van der Waals surface area (Å²) in [6.07, 6.45) is 6.86. The lowest BCUT2D eigenvalue weighted by molar-refractivity contribution is -0.120. The van der Waals surface area contributed by atoms with E-state index in [-0.39, 0.29) is 23.5 Å². The van der Waals surface area contributed by atoms with Crippen LogP contribution < -0.4 is 5.32 Å². The summed E-state index contributed by atoms with van der Waals surface area (Å²) in [6.45, 7) is 3.80. The van der Waals surface area contributed by atoms with Crippen molar-refractivity contribution in [1.82, 2.24) is 15.2 Å². The number of morpholine rings is 1. The molecule has 0 spiro atoms. The van der Waals surface area contributed by atoms with Gasteiger partial charge >= 0.3 is 0 Å². The van der Waals surface area contributed by atoms with Crippen molar-refractivity contribution in [3.05, 3.63) is 66.0 Å². The summed E-state index contributed by atoms with van der Waals surface area (Å²) in [7, 11) is 0. The van der Waals surface area contributed by atoms with Crippen LogP contribution in [0.3, 0.4) is 0 Å². The maximum Gasteiger partial charge on any atom is 0.224 e. The molecule has 0 bridgehead atoms. The van der Waals surface area contributed by atoms with E-state index in [2.05, 4.69) is 39.5 Å². The predicted octanol–water partition coefficient (Wildman–Crippen LogP) is 2.31. The first-order valence-electron chi connectivity index (χ1n) is 11.4. The van der Waals surface area contributed by atoms with Crippen LogP contribution in [0.25, 0.3) is 0 Å². The quantitative estimate of drug-likeness (QED) is 0.698. The molecular formula is C25H33N3O3. The van der Waals surface area contributed by atoms with Crippen LogP contribution >= 0.6 is 0 Å². The van der Waals surface area contributed by atoms with Crippen molar-refractivity contribution in [3.8, 4) is 0 Å². The van der Waals surface area contributed by atoms with Gasteiger partial charge in [0.1, 0.15) is 0 Å². The molecule has 1 aromatic carbocycles. The number of nitrogens with zero attached hydrogens (tertiary/aromatic N) is 2. The molecule has 2 aromatic rings. The molecule has 2 aliphatic rings. The van der Waals surface area contributed by atoms with E-state index in [0.717, 1.165) is 57.6 Å². The van der Waals surface area contributed by atoms with Gasteiger partial charge in [-0.2, -0.15) is 0 Å². The predicted molar refractivity (Wildman–Crippen MR) is 120 cm³/mol. The molecule has 4 rings (SSSR count). The number of hydrogen-bond donors (Lipinski definition) is 2. The second-order valence-electron chi connectivity index (χ2n) is 8.82. The van der Waals surface area contributed by atoms with Crippen LogP contribution in [0.4, 0.5) is 0 Å². The Morgan fingerprint density at radius 1 is 1.13 bits per heavy atom. The summed E-state index contributed by atoms with van der Waals surface area (Å²) in [5.41, 5.74) is 1.98. The van der Waals surface area contributed by atoms with Crippen molar-refractivity contribution in [2.45, 2.75) is 49.7 Å². The summed E-state index contributed by atoms with van der Waals surface area (Å²) < 4.78 is 5.51. The van der Waals surface area contributed by atoms with Crippen LogP contribution in [-0.4, -0.2) is 65.9 Å². The number of aliphatic hydroxyl groups is 1. The van der Waals surface area contributed by atoms with Crippen molar-refractivity contribution < 1.29 is 14.6 Å². The lowest BCUT2D eigenvalue weighted by atomic mass is 9.74. The number of aromatic nitrogens is 1. The van der Waals surface area contributed by atoms with Crippen LogP contribution in [0.1, 0.15) is 36.8 Å². The fourth-order valence-electron chi connectivity index (χ4n) is 5.07. The average molecular weight is 424 g/mol. The average Bonchev–Trinajstić information content (AvgIpc) is 2.99. The third-order valence-corrected chi connectivity index (χ3v) is 6.89. The molecular weight excluding hydrogens is 390 g/mol. The molecule has 0 radical (unpaired) electrons. The topological polar surface area (TPSA) is 74.7 Å². The maximum atomic E-state index is 12.7. The number of pyridine rings is 1. The van der Waals surface area contributed by atoms with Gasteiger partial charge in [0.2, 0.25) is 5.91 Å². The van der Waals surface area contributed by atoms with E-state index in [1.54, 1.807) is 12.4 Å². The Balaban J connectivity index is 1.48. The molecule has 1 aliphatic heterocycles. The highest BCUT2D eigenvalue weighted by molar-refractivity contribution is 5.78. The van der Waals surface area contributed by atoms with Gasteiger partial charge < -0.3 is 15.2 Å². The minimum Gasteiger partial charge on any atom is -0.391 e. The molecule has 3 atom stereocenters. The highest BCUT2D eigenvalue weighted by Crippen LogP contribution is 2.39. The Morgan fingerprint density at radius 2 is 1.90 bits per heavy atom. The number of rotatable bonds is 6. The van der Waals surface area contributed by atoms with Crippen molar-refractivity contribution in [3.63, 3.8) is 0 Å². The number of ether oxygens (including phenoxy) is 1. The summed E-state index contributed by atoms with van der Waals surface area (Å²) in [4.78, 5) is 19.2. The van der Waals surface area contributed by atoms with Crippen LogP contribution in [0.15, 0.2) is 54.9 Å².